The number of anilines is 1. The Morgan fingerprint density at radius 2 is 1.89 bits per heavy atom. The van der Waals surface area contributed by atoms with Gasteiger partial charge in [0.15, 0.2) is 11.4 Å². The fraction of sp³-hybridized carbons (Fsp3) is 0.310. The number of aryl methyl sites for hydroxylation is 2. The summed E-state index contributed by atoms with van der Waals surface area (Å²) in [5, 5.41) is 6.10. The maximum absolute atomic E-state index is 12.9. The van der Waals surface area contributed by atoms with Crippen LogP contribution in [0.15, 0.2) is 42.7 Å². The van der Waals surface area contributed by atoms with Crippen LogP contribution in [0.5, 0.6) is 0 Å². The Balaban J connectivity index is 1.46. The van der Waals surface area contributed by atoms with Crippen LogP contribution in [-0.4, -0.2) is 50.6 Å². The van der Waals surface area contributed by atoms with Crippen molar-refractivity contribution in [1.29, 1.82) is 0 Å². The molecule has 8 heteroatoms. The summed E-state index contributed by atoms with van der Waals surface area (Å²) in [7, 11) is 2.13. The second-order valence-electron chi connectivity index (χ2n) is 9.80. The van der Waals surface area contributed by atoms with Crippen molar-refractivity contribution in [2.45, 2.75) is 39.2 Å². The number of hydrogen-bond donors (Lipinski definition) is 1. The summed E-state index contributed by atoms with van der Waals surface area (Å²) < 4.78 is 1.97. The zero-order chi connectivity index (χ0) is 26.1. The van der Waals surface area contributed by atoms with E-state index in [1.165, 1.54) is 6.33 Å². The van der Waals surface area contributed by atoms with Gasteiger partial charge in [0, 0.05) is 22.6 Å². The molecular formula is C29H29ClN6O. The van der Waals surface area contributed by atoms with Crippen molar-refractivity contribution in [3.63, 3.8) is 0 Å². The summed E-state index contributed by atoms with van der Waals surface area (Å²) >= 11 is 6.15. The highest BCUT2D eigenvalue weighted by Crippen LogP contribution is 2.28. The molecule has 0 amide bonds. The van der Waals surface area contributed by atoms with Gasteiger partial charge in [-0.05, 0) is 93.7 Å². The average Bonchev–Trinajstić information content (AvgIpc) is 3.24. The van der Waals surface area contributed by atoms with E-state index in [-0.39, 0.29) is 18.2 Å². The number of halogens is 1. The quantitative estimate of drug-likeness (QED) is 0.313. The number of aromatic nitrogens is 4. The van der Waals surface area contributed by atoms with E-state index in [0.29, 0.717) is 27.5 Å². The predicted octanol–water partition coefficient (Wildman–Crippen LogP) is 4.77. The number of rotatable bonds is 4. The van der Waals surface area contributed by atoms with Crippen molar-refractivity contribution in [1.82, 2.24) is 24.6 Å². The number of benzene rings is 2. The molecule has 0 atom stereocenters. The van der Waals surface area contributed by atoms with Gasteiger partial charge in [-0.1, -0.05) is 29.7 Å². The maximum atomic E-state index is 12.9. The third-order valence-corrected chi connectivity index (χ3v) is 7.12. The fourth-order valence-corrected chi connectivity index (χ4v) is 5.09. The molecule has 1 fully saturated rings. The Morgan fingerprint density at radius 3 is 2.65 bits per heavy atom. The van der Waals surface area contributed by atoms with E-state index in [0.717, 1.165) is 53.8 Å². The Bertz CT molecular complexity index is 1540. The Kier molecular flexibility index (Phi) is 6.96. The van der Waals surface area contributed by atoms with Crippen molar-refractivity contribution in [2.24, 2.45) is 0 Å². The summed E-state index contributed by atoms with van der Waals surface area (Å²) in [5.74, 6) is 6.88. The van der Waals surface area contributed by atoms with Crippen LogP contribution in [0, 0.1) is 25.7 Å². The first-order chi connectivity index (χ1) is 17.8. The average molecular weight is 513 g/mol. The van der Waals surface area contributed by atoms with E-state index in [4.69, 9.17) is 22.4 Å². The molecule has 1 aliphatic rings. The lowest BCUT2D eigenvalue weighted by atomic mass is 9.98. The van der Waals surface area contributed by atoms with Gasteiger partial charge in [0.2, 0.25) is 0 Å². The van der Waals surface area contributed by atoms with Crippen LogP contribution in [-0.2, 0) is 6.42 Å². The highest BCUT2D eigenvalue weighted by molar-refractivity contribution is 6.31. The molecule has 0 saturated carbocycles. The molecule has 188 valence electrons. The minimum Gasteiger partial charge on any atom is -0.383 e. The van der Waals surface area contributed by atoms with Gasteiger partial charge < -0.3 is 10.6 Å². The van der Waals surface area contributed by atoms with Crippen LogP contribution in [0.3, 0.4) is 0 Å². The molecule has 3 heterocycles. The highest BCUT2D eigenvalue weighted by atomic mass is 35.5. The number of likely N-dealkylation sites (tertiary alicyclic amines) is 1. The highest BCUT2D eigenvalue weighted by Gasteiger charge is 2.24. The van der Waals surface area contributed by atoms with Crippen molar-refractivity contribution in [2.75, 3.05) is 25.9 Å². The minimum atomic E-state index is 0.0150. The molecular weight excluding hydrogens is 484 g/mol. The SMILES string of the molecule is Cc1cc(Cl)cc(C(=O)Cc2ccc(C)c(C#Cc3nn(C4CCN(C)CC4)c4ncnc(N)c34)c2)c1. The van der Waals surface area contributed by atoms with Crippen molar-refractivity contribution in [3.8, 4) is 11.8 Å². The van der Waals surface area contributed by atoms with Gasteiger partial charge in [0.1, 0.15) is 17.8 Å². The van der Waals surface area contributed by atoms with Crippen LogP contribution in [0.25, 0.3) is 11.0 Å². The number of ketones is 1. The second kappa shape index (κ2) is 10.3. The summed E-state index contributed by atoms with van der Waals surface area (Å²) in [4.78, 5) is 23.9. The number of nitrogens with two attached hydrogens (primary N) is 1. The molecule has 5 rings (SSSR count). The molecule has 2 aromatic carbocycles. The number of piperidine rings is 1. The number of Topliss-reactive ketones (excluding diaryl/α,β-unsaturated/α-hetero) is 1. The zero-order valence-electron chi connectivity index (χ0n) is 21.3. The van der Waals surface area contributed by atoms with E-state index in [1.807, 2.05) is 48.9 Å². The first kappa shape index (κ1) is 24.9. The van der Waals surface area contributed by atoms with E-state index in [2.05, 4.69) is 33.8 Å². The van der Waals surface area contributed by atoms with Crippen molar-refractivity contribution < 1.29 is 4.79 Å². The summed E-state index contributed by atoms with van der Waals surface area (Å²) in [5.41, 5.74) is 11.9. The summed E-state index contributed by atoms with van der Waals surface area (Å²) in [6, 6.07) is 11.6. The number of hydrogen-bond acceptors (Lipinski definition) is 6. The van der Waals surface area contributed by atoms with Gasteiger partial charge in [-0.15, -0.1) is 0 Å². The largest absolute Gasteiger partial charge is 0.383 e. The van der Waals surface area contributed by atoms with Crippen LogP contribution in [0.1, 0.15) is 57.2 Å². The van der Waals surface area contributed by atoms with Crippen LogP contribution in [0.4, 0.5) is 5.82 Å². The molecule has 37 heavy (non-hydrogen) atoms. The molecule has 0 bridgehead atoms. The standard InChI is InChI=1S/C29H29ClN6O/c1-18-12-22(16-23(30)13-18)26(37)15-20-5-4-19(2)21(14-20)6-7-25-27-28(31)32-17-33-29(27)36(34-25)24-8-10-35(3)11-9-24/h4-5,12-14,16-17,24H,8-11,15H2,1-3H3,(H2,31,32,33). The molecule has 0 aliphatic carbocycles. The maximum Gasteiger partial charge on any atom is 0.167 e. The molecule has 7 nitrogen and oxygen atoms in total. The third kappa shape index (κ3) is 5.36. The molecule has 1 saturated heterocycles. The Morgan fingerprint density at radius 1 is 1.11 bits per heavy atom. The predicted molar refractivity (Wildman–Crippen MR) is 147 cm³/mol. The summed E-state index contributed by atoms with van der Waals surface area (Å²) in [6.07, 6.45) is 3.73. The van der Waals surface area contributed by atoms with E-state index in [9.17, 15) is 4.79 Å². The van der Waals surface area contributed by atoms with Crippen LogP contribution < -0.4 is 5.73 Å². The van der Waals surface area contributed by atoms with Gasteiger partial charge in [-0.25, -0.2) is 14.6 Å². The number of carbonyl (C=O) groups is 1. The van der Waals surface area contributed by atoms with Gasteiger partial charge >= 0.3 is 0 Å². The van der Waals surface area contributed by atoms with Crippen LogP contribution in [0.2, 0.25) is 5.02 Å². The number of nitrogens with zero attached hydrogens (tertiary/aromatic N) is 5. The van der Waals surface area contributed by atoms with Crippen LogP contribution >= 0.6 is 11.6 Å². The number of carbonyl (C=O) groups excluding carboxylic acids is 1. The Hall–Kier alpha value is -3.73. The molecule has 1 aliphatic heterocycles. The topological polar surface area (TPSA) is 89.9 Å². The van der Waals surface area contributed by atoms with Gasteiger partial charge in [-0.3, -0.25) is 4.79 Å². The van der Waals surface area contributed by atoms with Crippen molar-refractivity contribution in [3.05, 3.63) is 81.3 Å². The lowest BCUT2D eigenvalue weighted by Gasteiger charge is -2.29. The summed E-state index contributed by atoms with van der Waals surface area (Å²) in [6.45, 7) is 5.94. The molecule has 0 unspecified atom stereocenters. The number of nitrogen functional groups attached to an aromatic ring is 1. The lowest BCUT2D eigenvalue weighted by Crippen LogP contribution is -2.32. The molecule has 0 spiro atoms. The smallest absolute Gasteiger partial charge is 0.167 e. The van der Waals surface area contributed by atoms with E-state index in [1.54, 1.807) is 6.07 Å². The normalized spacial score (nSPS) is 14.5. The second-order valence-corrected chi connectivity index (χ2v) is 10.2. The first-order valence-corrected chi connectivity index (χ1v) is 12.8. The molecule has 4 aromatic rings. The Labute approximate surface area is 221 Å². The van der Waals surface area contributed by atoms with E-state index < -0.39 is 0 Å². The third-order valence-electron chi connectivity index (χ3n) is 6.90. The monoisotopic (exact) mass is 512 g/mol. The van der Waals surface area contributed by atoms with Gasteiger partial charge in [0.25, 0.3) is 0 Å². The minimum absolute atomic E-state index is 0.0150. The zero-order valence-corrected chi connectivity index (χ0v) is 22.0. The van der Waals surface area contributed by atoms with Gasteiger partial charge in [-0.2, -0.15) is 5.10 Å². The fourth-order valence-electron chi connectivity index (χ4n) is 4.80. The number of fused-ring (bicyclic) bond motifs is 1. The lowest BCUT2D eigenvalue weighted by molar-refractivity contribution is 0.0993. The first-order valence-electron chi connectivity index (χ1n) is 12.4. The molecule has 2 aromatic heterocycles. The van der Waals surface area contributed by atoms with Crippen molar-refractivity contribution >= 4 is 34.2 Å². The molecule has 0 radical (unpaired) electrons. The molecule has 2 N–H and O–H groups in total. The van der Waals surface area contributed by atoms with E-state index >= 15 is 0 Å². The van der Waals surface area contributed by atoms with Gasteiger partial charge in [0.05, 0.1) is 11.4 Å².